The summed E-state index contributed by atoms with van der Waals surface area (Å²) < 4.78 is 15.6. The summed E-state index contributed by atoms with van der Waals surface area (Å²) in [7, 11) is 3.01. The van der Waals surface area contributed by atoms with E-state index >= 15 is 0 Å². The highest BCUT2D eigenvalue weighted by atomic mass is 35.5. The highest BCUT2D eigenvalue weighted by Gasteiger charge is 2.29. The van der Waals surface area contributed by atoms with Gasteiger partial charge in [-0.25, -0.2) is 0 Å². The molecule has 0 aliphatic carbocycles. The molecule has 3 rings (SSSR count). The van der Waals surface area contributed by atoms with Gasteiger partial charge < -0.3 is 24.1 Å². The van der Waals surface area contributed by atoms with Gasteiger partial charge in [-0.2, -0.15) is 0 Å². The first-order valence-corrected chi connectivity index (χ1v) is 8.96. The smallest absolute Gasteiger partial charge is 0.289 e. The summed E-state index contributed by atoms with van der Waals surface area (Å²) in [5.74, 6) is 0.755. The molecule has 2 heterocycles. The third kappa shape index (κ3) is 4.19. The summed E-state index contributed by atoms with van der Waals surface area (Å²) in [4.78, 5) is 26.7. The molecule has 0 radical (unpaired) electrons. The Bertz CT molecular complexity index is 814. The fraction of sp³-hybridized carbons (Fsp3) is 0.368. The summed E-state index contributed by atoms with van der Waals surface area (Å²) in [6, 6.07) is 6.55. The first-order chi connectivity index (χ1) is 13.0. The number of likely N-dealkylation sites (tertiary alicyclic amines) is 1. The predicted octanol–water partition coefficient (Wildman–Crippen LogP) is 3.44. The molecule has 0 unspecified atom stereocenters. The van der Waals surface area contributed by atoms with Crippen LogP contribution in [-0.2, 0) is 4.79 Å². The third-order valence-corrected chi connectivity index (χ3v) is 4.91. The summed E-state index contributed by atoms with van der Waals surface area (Å²) in [6.45, 7) is 0.997. The Morgan fingerprint density at radius 1 is 1.19 bits per heavy atom. The first-order valence-electron chi connectivity index (χ1n) is 8.58. The van der Waals surface area contributed by atoms with Crippen molar-refractivity contribution in [3.63, 3.8) is 0 Å². The van der Waals surface area contributed by atoms with E-state index in [0.29, 0.717) is 53.9 Å². The van der Waals surface area contributed by atoms with Crippen molar-refractivity contribution < 1.29 is 23.5 Å². The van der Waals surface area contributed by atoms with Crippen LogP contribution in [0.25, 0.3) is 0 Å². The van der Waals surface area contributed by atoms with Gasteiger partial charge in [-0.1, -0.05) is 11.6 Å². The number of nitrogens with zero attached hydrogens (tertiary/aromatic N) is 1. The van der Waals surface area contributed by atoms with Crippen molar-refractivity contribution in [3.8, 4) is 11.5 Å². The average Bonchev–Trinajstić information content (AvgIpc) is 3.23. The van der Waals surface area contributed by atoms with Gasteiger partial charge in [0.15, 0.2) is 5.76 Å². The monoisotopic (exact) mass is 392 g/mol. The standard InChI is InChI=1S/C19H21ClN2O5/c1-25-16-11-14(17(26-2)10-13(16)20)21-18(23)12-5-7-22(8-6-12)19(24)15-4-3-9-27-15/h3-4,9-12H,5-8H2,1-2H3,(H,21,23). The van der Waals surface area contributed by atoms with Crippen LogP contribution in [0.5, 0.6) is 11.5 Å². The van der Waals surface area contributed by atoms with Gasteiger partial charge in [-0.3, -0.25) is 9.59 Å². The van der Waals surface area contributed by atoms with Crippen molar-refractivity contribution >= 4 is 29.1 Å². The van der Waals surface area contributed by atoms with E-state index in [-0.39, 0.29) is 17.7 Å². The molecule has 1 aromatic heterocycles. The van der Waals surface area contributed by atoms with Gasteiger partial charge in [0, 0.05) is 31.1 Å². The number of carbonyl (C=O) groups is 2. The molecule has 1 saturated heterocycles. The van der Waals surface area contributed by atoms with Crippen LogP contribution in [-0.4, -0.2) is 44.0 Å². The number of benzene rings is 1. The number of rotatable bonds is 5. The molecule has 144 valence electrons. The maximum Gasteiger partial charge on any atom is 0.289 e. The molecule has 0 spiro atoms. The molecule has 7 nitrogen and oxygen atoms in total. The summed E-state index contributed by atoms with van der Waals surface area (Å²) in [6.07, 6.45) is 2.62. The molecule has 1 N–H and O–H groups in total. The molecule has 1 aliphatic rings. The summed E-state index contributed by atoms with van der Waals surface area (Å²) in [5.41, 5.74) is 0.498. The zero-order valence-electron chi connectivity index (χ0n) is 15.2. The van der Waals surface area contributed by atoms with Gasteiger partial charge in [0.1, 0.15) is 11.5 Å². The number of anilines is 1. The minimum atomic E-state index is -0.197. The molecule has 0 atom stereocenters. The molecule has 1 aromatic carbocycles. The van der Waals surface area contributed by atoms with Crippen molar-refractivity contribution in [2.24, 2.45) is 5.92 Å². The minimum absolute atomic E-state index is 0.122. The van der Waals surface area contributed by atoms with E-state index in [1.807, 2.05) is 0 Å². The highest BCUT2D eigenvalue weighted by Crippen LogP contribution is 2.36. The van der Waals surface area contributed by atoms with Crippen molar-refractivity contribution in [2.75, 3.05) is 32.6 Å². The molecule has 0 saturated carbocycles. The second-order valence-electron chi connectivity index (χ2n) is 6.22. The van der Waals surface area contributed by atoms with Gasteiger partial charge in [0.05, 0.1) is 31.2 Å². The molecule has 27 heavy (non-hydrogen) atoms. The Labute approximate surface area is 162 Å². The fourth-order valence-corrected chi connectivity index (χ4v) is 3.32. The van der Waals surface area contributed by atoms with Crippen molar-refractivity contribution in [2.45, 2.75) is 12.8 Å². The van der Waals surface area contributed by atoms with Gasteiger partial charge in [-0.05, 0) is 25.0 Å². The molecule has 1 fully saturated rings. The number of piperidine rings is 1. The van der Waals surface area contributed by atoms with Crippen LogP contribution in [0.2, 0.25) is 5.02 Å². The molecular weight excluding hydrogens is 372 g/mol. The Kier molecular flexibility index (Phi) is 5.91. The number of hydrogen-bond donors (Lipinski definition) is 1. The molecule has 1 aliphatic heterocycles. The Morgan fingerprint density at radius 2 is 1.89 bits per heavy atom. The van der Waals surface area contributed by atoms with Crippen molar-refractivity contribution in [3.05, 3.63) is 41.3 Å². The maximum atomic E-state index is 12.7. The second-order valence-corrected chi connectivity index (χ2v) is 6.63. The quantitative estimate of drug-likeness (QED) is 0.842. The number of ether oxygens (including phenoxy) is 2. The highest BCUT2D eigenvalue weighted by molar-refractivity contribution is 6.32. The topological polar surface area (TPSA) is 81.0 Å². The predicted molar refractivity (Wildman–Crippen MR) is 101 cm³/mol. The fourth-order valence-electron chi connectivity index (χ4n) is 3.09. The number of methoxy groups -OCH3 is 2. The number of amides is 2. The van der Waals surface area contributed by atoms with E-state index in [1.54, 1.807) is 29.2 Å². The molecule has 2 amide bonds. The third-order valence-electron chi connectivity index (χ3n) is 4.62. The first kappa shape index (κ1) is 19.1. The number of furan rings is 1. The largest absolute Gasteiger partial charge is 0.495 e. The van der Waals surface area contributed by atoms with Crippen LogP contribution in [0.1, 0.15) is 23.4 Å². The zero-order chi connectivity index (χ0) is 19.4. The molecule has 8 heteroatoms. The van der Waals surface area contributed by atoms with E-state index in [0.717, 1.165) is 0 Å². The average molecular weight is 393 g/mol. The van der Waals surface area contributed by atoms with Gasteiger partial charge >= 0.3 is 0 Å². The lowest BCUT2D eigenvalue weighted by Gasteiger charge is -2.30. The van der Waals surface area contributed by atoms with E-state index in [9.17, 15) is 9.59 Å². The van der Waals surface area contributed by atoms with Gasteiger partial charge in [0.25, 0.3) is 5.91 Å². The van der Waals surface area contributed by atoms with Gasteiger partial charge in [0.2, 0.25) is 5.91 Å². The lowest BCUT2D eigenvalue weighted by molar-refractivity contribution is -0.121. The number of carbonyl (C=O) groups excluding carboxylic acids is 2. The van der Waals surface area contributed by atoms with E-state index in [1.165, 1.54) is 20.5 Å². The summed E-state index contributed by atoms with van der Waals surface area (Å²) >= 11 is 6.09. The normalized spacial score (nSPS) is 14.7. The SMILES string of the molecule is COc1cc(NC(=O)C2CCN(C(=O)c3ccco3)CC2)c(OC)cc1Cl. The lowest BCUT2D eigenvalue weighted by atomic mass is 9.95. The van der Waals surface area contributed by atoms with Crippen LogP contribution < -0.4 is 14.8 Å². The number of halogens is 1. The van der Waals surface area contributed by atoms with Crippen LogP contribution in [0, 0.1) is 5.92 Å². The van der Waals surface area contributed by atoms with Crippen molar-refractivity contribution in [1.82, 2.24) is 4.90 Å². The van der Waals surface area contributed by atoms with Crippen LogP contribution in [0.15, 0.2) is 34.9 Å². The van der Waals surface area contributed by atoms with Gasteiger partial charge in [-0.15, -0.1) is 0 Å². The Morgan fingerprint density at radius 3 is 2.48 bits per heavy atom. The van der Waals surface area contributed by atoms with E-state index < -0.39 is 0 Å². The second kappa shape index (κ2) is 8.35. The minimum Gasteiger partial charge on any atom is -0.495 e. The summed E-state index contributed by atoms with van der Waals surface area (Å²) in [5, 5.41) is 3.28. The Hall–Kier alpha value is -2.67. The molecule has 2 aromatic rings. The van der Waals surface area contributed by atoms with Crippen LogP contribution >= 0.6 is 11.6 Å². The van der Waals surface area contributed by atoms with Crippen LogP contribution in [0.3, 0.4) is 0 Å². The van der Waals surface area contributed by atoms with Crippen LogP contribution in [0.4, 0.5) is 5.69 Å². The molecular formula is C19H21ClN2O5. The van der Waals surface area contributed by atoms with Crippen molar-refractivity contribution in [1.29, 1.82) is 0 Å². The van der Waals surface area contributed by atoms with E-state index in [2.05, 4.69) is 5.32 Å². The number of nitrogens with one attached hydrogen (secondary N) is 1. The lowest BCUT2D eigenvalue weighted by Crippen LogP contribution is -2.41. The molecule has 0 bridgehead atoms. The Balaban J connectivity index is 1.62. The van der Waals surface area contributed by atoms with E-state index in [4.69, 9.17) is 25.5 Å². The zero-order valence-corrected chi connectivity index (χ0v) is 15.9. The maximum absolute atomic E-state index is 12.7. The number of hydrogen-bond acceptors (Lipinski definition) is 5.